The summed E-state index contributed by atoms with van der Waals surface area (Å²) in [5, 5.41) is 19.3. The van der Waals surface area contributed by atoms with Crippen molar-refractivity contribution >= 4 is 11.0 Å². The molecule has 0 aliphatic carbocycles. The van der Waals surface area contributed by atoms with Crippen LogP contribution in [0.3, 0.4) is 0 Å². The molecule has 0 bridgehead atoms. The molecule has 1 atom stereocenters. The largest absolute Gasteiger partial charge is 0.467 e. The number of aliphatic hydroxyl groups is 1. The molecule has 0 fully saturated rings. The van der Waals surface area contributed by atoms with Crippen LogP contribution in [-0.4, -0.2) is 14.2 Å². The van der Waals surface area contributed by atoms with Crippen molar-refractivity contribution in [3.8, 4) is 0 Å². The van der Waals surface area contributed by atoms with Crippen molar-refractivity contribution in [2.75, 3.05) is 0 Å². The van der Waals surface area contributed by atoms with E-state index in [0.29, 0.717) is 17.9 Å². The number of furan rings is 1. The van der Waals surface area contributed by atoms with Gasteiger partial charge in [0.25, 0.3) is 0 Å². The van der Waals surface area contributed by atoms with E-state index in [1.54, 1.807) is 18.4 Å². The lowest BCUT2D eigenvalue weighted by Crippen LogP contribution is -2.27. The van der Waals surface area contributed by atoms with Crippen molar-refractivity contribution in [2.24, 2.45) is 0 Å². The minimum absolute atomic E-state index is 0.115. The van der Waals surface area contributed by atoms with Gasteiger partial charge in [0.2, 0.25) is 5.62 Å². The quantitative estimate of drug-likeness (QED) is 0.524. The van der Waals surface area contributed by atoms with Crippen molar-refractivity contribution < 1.29 is 9.52 Å². The summed E-state index contributed by atoms with van der Waals surface area (Å²) in [7, 11) is 0. The fourth-order valence-corrected chi connectivity index (χ4v) is 3.68. The van der Waals surface area contributed by atoms with Crippen LogP contribution < -0.4 is 5.62 Å². The molecule has 4 rings (SSSR count). The first-order valence-corrected chi connectivity index (χ1v) is 9.88. The normalized spacial score (nSPS) is 13.1. The van der Waals surface area contributed by atoms with Crippen LogP contribution in [-0.2, 0) is 18.5 Å². The molecule has 0 saturated heterocycles. The van der Waals surface area contributed by atoms with E-state index in [4.69, 9.17) is 9.83 Å². The van der Waals surface area contributed by atoms with Gasteiger partial charge in [0.1, 0.15) is 11.9 Å². The molecule has 5 nitrogen and oxygen atoms in total. The van der Waals surface area contributed by atoms with E-state index in [-0.39, 0.29) is 12.0 Å². The van der Waals surface area contributed by atoms with Gasteiger partial charge in [-0.1, -0.05) is 57.2 Å². The molecule has 0 unspecified atom stereocenters. The molecule has 0 radical (unpaired) electrons. The highest BCUT2D eigenvalue weighted by Gasteiger charge is 2.17. The zero-order chi connectivity index (χ0) is 20.6. The zero-order valence-electron chi connectivity index (χ0n) is 17.1. The predicted molar refractivity (Wildman–Crippen MR) is 114 cm³/mol. The smallest absolute Gasteiger partial charge is 0.203 e. The highest BCUT2D eigenvalue weighted by molar-refractivity contribution is 5.76. The summed E-state index contributed by atoms with van der Waals surface area (Å²) in [6, 6.07) is 20.1. The van der Waals surface area contributed by atoms with E-state index in [9.17, 15) is 5.11 Å². The summed E-state index contributed by atoms with van der Waals surface area (Å²) < 4.78 is 9.15. The SMILES string of the molecule is CC(C)(C)c1ccc(Cn2c(=N)n(C[C@@H](O)c3ccco3)c3ccccc32)cc1. The number of benzene rings is 2. The van der Waals surface area contributed by atoms with Gasteiger partial charge in [-0.3, -0.25) is 5.41 Å². The van der Waals surface area contributed by atoms with Crippen LogP contribution >= 0.6 is 0 Å². The summed E-state index contributed by atoms with van der Waals surface area (Å²) in [6.07, 6.45) is 0.749. The Balaban J connectivity index is 1.70. The van der Waals surface area contributed by atoms with Gasteiger partial charge in [-0.15, -0.1) is 0 Å². The van der Waals surface area contributed by atoms with Crippen LogP contribution in [0.5, 0.6) is 0 Å². The van der Waals surface area contributed by atoms with Crippen LogP contribution in [0.4, 0.5) is 0 Å². The maximum Gasteiger partial charge on any atom is 0.203 e. The van der Waals surface area contributed by atoms with E-state index < -0.39 is 6.10 Å². The molecule has 150 valence electrons. The first kappa shape index (κ1) is 19.3. The van der Waals surface area contributed by atoms with Crippen molar-refractivity contribution in [1.29, 1.82) is 5.41 Å². The van der Waals surface area contributed by atoms with Crippen molar-refractivity contribution in [2.45, 2.75) is 45.4 Å². The fourth-order valence-electron chi connectivity index (χ4n) is 3.68. The standard InChI is InChI=1S/C24H27N3O2/c1-24(2,3)18-12-10-17(11-13-18)15-26-19-7-4-5-8-20(19)27(23(26)25)16-21(28)22-9-6-14-29-22/h4-14,21,25,28H,15-16H2,1-3H3/t21-/m1/s1. The maximum absolute atomic E-state index is 10.5. The Morgan fingerprint density at radius 3 is 2.17 bits per heavy atom. The van der Waals surface area contributed by atoms with Gasteiger partial charge in [-0.2, -0.15) is 0 Å². The fraction of sp³-hybridized carbons (Fsp3) is 0.292. The predicted octanol–water partition coefficient (Wildman–Crippen LogP) is 4.59. The van der Waals surface area contributed by atoms with Crippen molar-refractivity contribution in [3.63, 3.8) is 0 Å². The number of fused-ring (bicyclic) bond motifs is 1. The Kier molecular flexibility index (Phi) is 4.92. The molecule has 2 N–H and O–H groups in total. The molecule has 2 aromatic heterocycles. The summed E-state index contributed by atoms with van der Waals surface area (Å²) in [6.45, 7) is 7.49. The monoisotopic (exact) mass is 389 g/mol. The Morgan fingerprint density at radius 2 is 1.59 bits per heavy atom. The number of aromatic nitrogens is 2. The third kappa shape index (κ3) is 3.78. The molecule has 5 heteroatoms. The van der Waals surface area contributed by atoms with Crippen LogP contribution in [0.2, 0.25) is 0 Å². The summed E-state index contributed by atoms with van der Waals surface area (Å²) in [4.78, 5) is 0. The minimum Gasteiger partial charge on any atom is -0.467 e. The highest BCUT2D eigenvalue weighted by Crippen LogP contribution is 2.23. The lowest BCUT2D eigenvalue weighted by molar-refractivity contribution is 0.130. The molecular formula is C24H27N3O2. The van der Waals surface area contributed by atoms with Gasteiger partial charge in [-0.25, -0.2) is 0 Å². The third-order valence-electron chi connectivity index (χ3n) is 5.36. The van der Waals surface area contributed by atoms with E-state index in [1.807, 2.05) is 33.4 Å². The number of hydrogen-bond acceptors (Lipinski definition) is 3. The number of rotatable bonds is 5. The lowest BCUT2D eigenvalue weighted by atomic mass is 9.87. The number of imidazole rings is 1. The van der Waals surface area contributed by atoms with Gasteiger partial charge >= 0.3 is 0 Å². The van der Waals surface area contributed by atoms with Gasteiger partial charge < -0.3 is 18.7 Å². The lowest BCUT2D eigenvalue weighted by Gasteiger charge is -2.19. The molecule has 0 aliphatic rings. The van der Waals surface area contributed by atoms with E-state index in [1.165, 1.54) is 5.56 Å². The van der Waals surface area contributed by atoms with E-state index >= 15 is 0 Å². The highest BCUT2D eigenvalue weighted by atomic mass is 16.4. The number of nitrogens with one attached hydrogen (secondary N) is 1. The van der Waals surface area contributed by atoms with Crippen molar-refractivity contribution in [1.82, 2.24) is 9.13 Å². The summed E-state index contributed by atoms with van der Waals surface area (Å²) in [5.41, 5.74) is 4.81. The molecule has 4 aromatic rings. The Labute approximate surface area is 170 Å². The van der Waals surface area contributed by atoms with E-state index in [0.717, 1.165) is 16.6 Å². The van der Waals surface area contributed by atoms with Gasteiger partial charge in [0, 0.05) is 0 Å². The van der Waals surface area contributed by atoms with Crippen LogP contribution in [0, 0.1) is 5.41 Å². The molecule has 0 spiro atoms. The number of hydrogen-bond donors (Lipinski definition) is 2. The number of para-hydroxylation sites is 2. The molecule has 2 heterocycles. The zero-order valence-corrected chi connectivity index (χ0v) is 17.1. The second kappa shape index (κ2) is 7.41. The topological polar surface area (TPSA) is 67.1 Å². The summed E-state index contributed by atoms with van der Waals surface area (Å²) >= 11 is 0. The Bertz CT molecular complexity index is 1160. The Hall–Kier alpha value is -3.05. The second-order valence-electron chi connectivity index (χ2n) is 8.49. The van der Waals surface area contributed by atoms with Gasteiger partial charge in [0.05, 0.1) is 30.4 Å². The molecule has 0 aliphatic heterocycles. The maximum atomic E-state index is 10.5. The summed E-state index contributed by atoms with van der Waals surface area (Å²) in [5.74, 6) is 0.506. The minimum atomic E-state index is -0.801. The third-order valence-corrected chi connectivity index (χ3v) is 5.36. The van der Waals surface area contributed by atoms with Crippen molar-refractivity contribution in [3.05, 3.63) is 89.4 Å². The number of nitrogens with zero attached hydrogens (tertiary/aromatic N) is 2. The molecular weight excluding hydrogens is 362 g/mol. The van der Waals surface area contributed by atoms with Crippen LogP contribution in [0.15, 0.2) is 71.3 Å². The van der Waals surface area contributed by atoms with Crippen LogP contribution in [0.1, 0.15) is 43.8 Å². The molecule has 29 heavy (non-hydrogen) atoms. The Morgan fingerprint density at radius 1 is 0.931 bits per heavy atom. The first-order chi connectivity index (χ1) is 13.8. The van der Waals surface area contributed by atoms with E-state index in [2.05, 4.69) is 45.0 Å². The average Bonchev–Trinajstić information content (AvgIpc) is 3.31. The second-order valence-corrected chi connectivity index (χ2v) is 8.49. The van der Waals surface area contributed by atoms with Gasteiger partial charge in [0.15, 0.2) is 0 Å². The first-order valence-electron chi connectivity index (χ1n) is 9.88. The average molecular weight is 389 g/mol. The van der Waals surface area contributed by atoms with Gasteiger partial charge in [-0.05, 0) is 40.8 Å². The molecule has 0 amide bonds. The number of aliphatic hydroxyl groups excluding tert-OH is 1. The van der Waals surface area contributed by atoms with Crippen LogP contribution in [0.25, 0.3) is 11.0 Å². The molecule has 2 aromatic carbocycles. The molecule has 0 saturated carbocycles.